The minimum absolute atomic E-state index is 0.253. The summed E-state index contributed by atoms with van der Waals surface area (Å²) in [4.78, 5) is 11.4. The molecule has 0 bridgehead atoms. The van der Waals surface area contributed by atoms with Crippen LogP contribution >= 0.6 is 0 Å². The van der Waals surface area contributed by atoms with E-state index in [-0.39, 0.29) is 5.69 Å². The molecule has 0 saturated carbocycles. The smallest absolute Gasteiger partial charge is 0.360 e. The van der Waals surface area contributed by atoms with E-state index in [1.54, 1.807) is 13.0 Å². The van der Waals surface area contributed by atoms with Crippen LogP contribution in [-0.4, -0.2) is 17.7 Å². The molecule has 4 heteroatoms. The highest BCUT2D eigenvalue weighted by molar-refractivity contribution is 5.87. The van der Waals surface area contributed by atoms with Gasteiger partial charge in [-0.3, -0.25) is 0 Å². The number of hydrogen-bond donors (Lipinski definition) is 0. The lowest BCUT2D eigenvalue weighted by atomic mass is 9.98. The Bertz CT molecular complexity index is 406. The quantitative estimate of drug-likeness (QED) is 0.736. The lowest BCUT2D eigenvalue weighted by Gasteiger charge is -2.08. The Morgan fingerprint density at radius 2 is 2.44 bits per heavy atom. The first-order chi connectivity index (χ1) is 7.81. The molecule has 1 aromatic rings. The van der Waals surface area contributed by atoms with Gasteiger partial charge in [-0.05, 0) is 38.2 Å². The molecule has 0 atom stereocenters. The van der Waals surface area contributed by atoms with Crippen molar-refractivity contribution in [2.75, 3.05) is 6.61 Å². The number of aromatic nitrogens is 1. The van der Waals surface area contributed by atoms with Crippen molar-refractivity contribution in [3.63, 3.8) is 0 Å². The highest BCUT2D eigenvalue weighted by Crippen LogP contribution is 2.27. The third kappa shape index (κ3) is 2.32. The number of esters is 1. The molecule has 0 aromatic carbocycles. The summed E-state index contributed by atoms with van der Waals surface area (Å²) in [6.45, 7) is 2.12. The van der Waals surface area contributed by atoms with Crippen molar-refractivity contribution >= 4 is 11.5 Å². The van der Waals surface area contributed by atoms with Crippen LogP contribution in [0.4, 0.5) is 0 Å². The molecule has 0 radical (unpaired) electrons. The summed E-state index contributed by atoms with van der Waals surface area (Å²) in [6, 6.07) is 1.66. The monoisotopic (exact) mass is 221 g/mol. The van der Waals surface area contributed by atoms with Crippen LogP contribution in [-0.2, 0) is 4.74 Å². The van der Waals surface area contributed by atoms with Crippen molar-refractivity contribution in [1.29, 1.82) is 0 Å². The normalized spacial score (nSPS) is 15.7. The minimum atomic E-state index is -0.422. The molecule has 0 amide bonds. The fourth-order valence-corrected chi connectivity index (χ4v) is 1.79. The summed E-state index contributed by atoms with van der Waals surface area (Å²) in [5.74, 6) is 0.275. The molecule has 2 rings (SSSR count). The van der Waals surface area contributed by atoms with Crippen LogP contribution in [0.25, 0.3) is 5.57 Å². The summed E-state index contributed by atoms with van der Waals surface area (Å²) >= 11 is 0. The second-order valence-electron chi connectivity index (χ2n) is 3.77. The van der Waals surface area contributed by atoms with Gasteiger partial charge in [0.25, 0.3) is 0 Å². The fourth-order valence-electron chi connectivity index (χ4n) is 1.79. The van der Waals surface area contributed by atoms with E-state index < -0.39 is 5.97 Å². The summed E-state index contributed by atoms with van der Waals surface area (Å²) in [6.07, 6.45) is 6.62. The fraction of sp³-hybridized carbons (Fsp3) is 0.500. The number of nitrogens with zero attached hydrogens (tertiary/aromatic N) is 1. The molecule has 0 unspecified atom stereocenters. The molecule has 4 nitrogen and oxygen atoms in total. The Balaban J connectivity index is 2.12. The van der Waals surface area contributed by atoms with Crippen LogP contribution in [0, 0.1) is 0 Å². The summed E-state index contributed by atoms with van der Waals surface area (Å²) < 4.78 is 10.0. The largest absolute Gasteiger partial charge is 0.461 e. The van der Waals surface area contributed by atoms with Crippen LogP contribution in [0.5, 0.6) is 0 Å². The molecule has 0 spiro atoms. The van der Waals surface area contributed by atoms with Crippen LogP contribution in [0.3, 0.4) is 0 Å². The maximum Gasteiger partial charge on any atom is 0.360 e. The summed E-state index contributed by atoms with van der Waals surface area (Å²) in [5.41, 5.74) is 1.40. The van der Waals surface area contributed by atoms with Crippen molar-refractivity contribution in [3.05, 3.63) is 23.6 Å². The lowest BCUT2D eigenvalue weighted by Crippen LogP contribution is -2.04. The van der Waals surface area contributed by atoms with Crippen molar-refractivity contribution in [3.8, 4) is 0 Å². The molecule has 1 heterocycles. The molecule has 1 aliphatic rings. The first-order valence-corrected chi connectivity index (χ1v) is 5.64. The average molecular weight is 221 g/mol. The van der Waals surface area contributed by atoms with Gasteiger partial charge >= 0.3 is 5.97 Å². The van der Waals surface area contributed by atoms with E-state index in [4.69, 9.17) is 9.26 Å². The van der Waals surface area contributed by atoms with Gasteiger partial charge in [-0.25, -0.2) is 4.79 Å². The number of ether oxygens (including phenoxy) is 1. The number of allylic oxidation sites excluding steroid dienone is 2. The van der Waals surface area contributed by atoms with Gasteiger partial charge in [-0.2, -0.15) is 0 Å². The van der Waals surface area contributed by atoms with E-state index in [9.17, 15) is 4.79 Å². The molecule has 1 aliphatic carbocycles. The SMILES string of the molecule is CCOC(=O)c1cc(C2=CCCCC2)on1. The topological polar surface area (TPSA) is 52.3 Å². The molecule has 0 saturated heterocycles. The van der Waals surface area contributed by atoms with Gasteiger partial charge in [-0.15, -0.1) is 0 Å². The molecule has 0 fully saturated rings. The Morgan fingerprint density at radius 3 is 3.12 bits per heavy atom. The van der Waals surface area contributed by atoms with E-state index in [1.807, 2.05) is 0 Å². The maximum atomic E-state index is 11.4. The van der Waals surface area contributed by atoms with Crippen LogP contribution in [0.2, 0.25) is 0 Å². The van der Waals surface area contributed by atoms with Gasteiger partial charge in [0.15, 0.2) is 11.5 Å². The van der Waals surface area contributed by atoms with E-state index in [0.29, 0.717) is 12.4 Å². The van der Waals surface area contributed by atoms with Gasteiger partial charge in [0, 0.05) is 6.07 Å². The standard InChI is InChI=1S/C12H15NO3/c1-2-15-12(14)10-8-11(16-13-10)9-6-4-3-5-7-9/h6,8H,2-5,7H2,1H3. The van der Waals surface area contributed by atoms with Crippen LogP contribution in [0.1, 0.15) is 48.9 Å². The number of hydrogen-bond acceptors (Lipinski definition) is 4. The first kappa shape index (κ1) is 10.9. The predicted molar refractivity (Wildman–Crippen MR) is 58.9 cm³/mol. The predicted octanol–water partition coefficient (Wildman–Crippen LogP) is 2.81. The number of rotatable bonds is 3. The lowest BCUT2D eigenvalue weighted by molar-refractivity contribution is 0.0514. The number of carbonyl (C=O) groups excluding carboxylic acids is 1. The molecule has 1 aromatic heterocycles. The van der Waals surface area contributed by atoms with Crippen molar-refractivity contribution in [2.45, 2.75) is 32.6 Å². The van der Waals surface area contributed by atoms with Crippen molar-refractivity contribution in [2.24, 2.45) is 0 Å². The molecule has 0 N–H and O–H groups in total. The second kappa shape index (κ2) is 4.96. The Hall–Kier alpha value is -1.58. The zero-order valence-corrected chi connectivity index (χ0v) is 9.36. The minimum Gasteiger partial charge on any atom is -0.461 e. The Labute approximate surface area is 94.3 Å². The highest BCUT2D eigenvalue weighted by atomic mass is 16.5. The molecule has 16 heavy (non-hydrogen) atoms. The van der Waals surface area contributed by atoms with Crippen LogP contribution < -0.4 is 0 Å². The maximum absolute atomic E-state index is 11.4. The van der Waals surface area contributed by atoms with E-state index in [2.05, 4.69) is 11.2 Å². The Morgan fingerprint density at radius 1 is 1.56 bits per heavy atom. The van der Waals surface area contributed by atoms with Crippen molar-refractivity contribution in [1.82, 2.24) is 5.16 Å². The molecule has 0 aliphatic heterocycles. The summed E-state index contributed by atoms with van der Waals surface area (Å²) in [5, 5.41) is 3.72. The third-order valence-electron chi connectivity index (χ3n) is 2.60. The zero-order valence-electron chi connectivity index (χ0n) is 9.36. The van der Waals surface area contributed by atoms with Crippen LogP contribution in [0.15, 0.2) is 16.7 Å². The van der Waals surface area contributed by atoms with Gasteiger partial charge in [-0.1, -0.05) is 11.2 Å². The molecular weight excluding hydrogens is 206 g/mol. The van der Waals surface area contributed by atoms with Gasteiger partial charge in [0.05, 0.1) is 6.61 Å². The number of carbonyl (C=O) groups is 1. The first-order valence-electron chi connectivity index (χ1n) is 5.64. The van der Waals surface area contributed by atoms with E-state index in [0.717, 1.165) is 18.4 Å². The second-order valence-corrected chi connectivity index (χ2v) is 3.77. The average Bonchev–Trinajstić information content (AvgIpc) is 2.80. The van der Waals surface area contributed by atoms with E-state index >= 15 is 0 Å². The molecule has 86 valence electrons. The van der Waals surface area contributed by atoms with E-state index in [1.165, 1.54) is 12.8 Å². The highest BCUT2D eigenvalue weighted by Gasteiger charge is 2.16. The summed E-state index contributed by atoms with van der Waals surface area (Å²) in [7, 11) is 0. The molecular formula is C12H15NO3. The van der Waals surface area contributed by atoms with Gasteiger partial charge in [0.2, 0.25) is 0 Å². The third-order valence-corrected chi connectivity index (χ3v) is 2.60. The van der Waals surface area contributed by atoms with Gasteiger partial charge < -0.3 is 9.26 Å². The van der Waals surface area contributed by atoms with Crippen molar-refractivity contribution < 1.29 is 14.1 Å². The Kier molecular flexibility index (Phi) is 3.39. The van der Waals surface area contributed by atoms with Gasteiger partial charge in [0.1, 0.15) is 0 Å². The zero-order chi connectivity index (χ0) is 11.4.